The zero-order valence-electron chi connectivity index (χ0n) is 12.9. The standard InChI is InChI=1S/C18H18F3NO2/c19-18(20,21)14-5-2-4-13(8-14)17-9-16(24)11-22(17)10-12-3-1-6-15(23)7-12/h1-8,16-17,23-24H,9-11H2. The van der Waals surface area contributed by atoms with Crippen molar-refractivity contribution < 1.29 is 23.4 Å². The van der Waals surface area contributed by atoms with Crippen molar-refractivity contribution in [3.05, 3.63) is 65.2 Å². The Morgan fingerprint density at radius 3 is 2.54 bits per heavy atom. The van der Waals surface area contributed by atoms with E-state index in [2.05, 4.69) is 0 Å². The van der Waals surface area contributed by atoms with E-state index in [1.54, 1.807) is 24.3 Å². The number of phenolic OH excluding ortho intramolecular Hbond substituents is 1. The van der Waals surface area contributed by atoms with E-state index in [1.165, 1.54) is 6.07 Å². The molecular weight excluding hydrogens is 319 g/mol. The highest BCUT2D eigenvalue weighted by molar-refractivity contribution is 5.30. The zero-order valence-corrected chi connectivity index (χ0v) is 12.9. The number of nitrogens with zero attached hydrogens (tertiary/aromatic N) is 1. The number of hydrogen-bond acceptors (Lipinski definition) is 3. The lowest BCUT2D eigenvalue weighted by Crippen LogP contribution is -2.24. The molecule has 1 saturated heterocycles. The van der Waals surface area contributed by atoms with Gasteiger partial charge in [0.15, 0.2) is 0 Å². The molecule has 2 N–H and O–H groups in total. The Morgan fingerprint density at radius 1 is 1.08 bits per heavy atom. The van der Waals surface area contributed by atoms with Gasteiger partial charge in [0.25, 0.3) is 0 Å². The summed E-state index contributed by atoms with van der Waals surface area (Å²) in [6, 6.07) is 11.7. The van der Waals surface area contributed by atoms with Gasteiger partial charge in [-0.05, 0) is 41.8 Å². The van der Waals surface area contributed by atoms with Gasteiger partial charge in [0, 0.05) is 19.1 Å². The molecule has 0 aliphatic carbocycles. The van der Waals surface area contributed by atoms with Crippen LogP contribution >= 0.6 is 0 Å². The number of benzene rings is 2. The fraction of sp³-hybridized carbons (Fsp3) is 0.333. The van der Waals surface area contributed by atoms with Crippen molar-refractivity contribution in [3.8, 4) is 5.75 Å². The average molecular weight is 337 g/mol. The van der Waals surface area contributed by atoms with Gasteiger partial charge < -0.3 is 10.2 Å². The molecule has 2 aromatic carbocycles. The van der Waals surface area contributed by atoms with Gasteiger partial charge in [-0.1, -0.05) is 24.3 Å². The molecule has 0 bridgehead atoms. The van der Waals surface area contributed by atoms with Crippen LogP contribution in [-0.4, -0.2) is 27.8 Å². The monoisotopic (exact) mass is 337 g/mol. The summed E-state index contributed by atoms with van der Waals surface area (Å²) in [4.78, 5) is 1.94. The molecule has 6 heteroatoms. The Bertz CT molecular complexity index is 717. The molecular formula is C18H18F3NO2. The van der Waals surface area contributed by atoms with Crippen molar-refractivity contribution >= 4 is 0 Å². The fourth-order valence-corrected chi connectivity index (χ4v) is 3.21. The van der Waals surface area contributed by atoms with E-state index in [0.717, 1.165) is 17.7 Å². The van der Waals surface area contributed by atoms with Crippen molar-refractivity contribution in [1.82, 2.24) is 4.90 Å². The van der Waals surface area contributed by atoms with Gasteiger partial charge in [-0.25, -0.2) is 0 Å². The summed E-state index contributed by atoms with van der Waals surface area (Å²) in [7, 11) is 0. The first-order chi connectivity index (χ1) is 11.3. The van der Waals surface area contributed by atoms with Crippen molar-refractivity contribution in [2.75, 3.05) is 6.54 Å². The summed E-state index contributed by atoms with van der Waals surface area (Å²) < 4.78 is 38.8. The molecule has 3 nitrogen and oxygen atoms in total. The Hall–Kier alpha value is -2.05. The summed E-state index contributed by atoms with van der Waals surface area (Å²) in [5, 5.41) is 19.5. The summed E-state index contributed by atoms with van der Waals surface area (Å²) in [5.74, 6) is 0.142. The van der Waals surface area contributed by atoms with E-state index < -0.39 is 17.8 Å². The third kappa shape index (κ3) is 3.71. The number of likely N-dealkylation sites (tertiary alicyclic amines) is 1. The lowest BCUT2D eigenvalue weighted by atomic mass is 10.0. The first-order valence-electron chi connectivity index (χ1n) is 7.70. The number of hydrogen-bond donors (Lipinski definition) is 2. The molecule has 2 atom stereocenters. The van der Waals surface area contributed by atoms with E-state index in [4.69, 9.17) is 0 Å². The van der Waals surface area contributed by atoms with Crippen LogP contribution in [0, 0.1) is 0 Å². The molecule has 1 aliphatic rings. The Balaban J connectivity index is 1.85. The maximum absolute atomic E-state index is 12.9. The van der Waals surface area contributed by atoms with Crippen LogP contribution in [0.5, 0.6) is 5.75 Å². The van der Waals surface area contributed by atoms with Gasteiger partial charge >= 0.3 is 6.18 Å². The molecule has 3 rings (SSSR count). The van der Waals surface area contributed by atoms with E-state index in [9.17, 15) is 23.4 Å². The fourth-order valence-electron chi connectivity index (χ4n) is 3.21. The summed E-state index contributed by atoms with van der Waals surface area (Å²) >= 11 is 0. The van der Waals surface area contributed by atoms with Crippen LogP contribution in [-0.2, 0) is 12.7 Å². The Labute approximate surface area is 138 Å². The molecule has 2 aromatic rings. The lowest BCUT2D eigenvalue weighted by Gasteiger charge is -2.25. The molecule has 0 radical (unpaired) electrons. The quantitative estimate of drug-likeness (QED) is 0.897. The first-order valence-corrected chi connectivity index (χ1v) is 7.70. The second kappa shape index (κ2) is 6.45. The predicted molar refractivity (Wildman–Crippen MR) is 83.3 cm³/mol. The summed E-state index contributed by atoms with van der Waals surface area (Å²) in [6.07, 6.45) is -4.58. The minimum absolute atomic E-state index is 0.142. The second-order valence-electron chi connectivity index (χ2n) is 6.13. The van der Waals surface area contributed by atoms with Gasteiger partial charge in [0.1, 0.15) is 5.75 Å². The predicted octanol–water partition coefficient (Wildman–Crippen LogP) is 3.72. The van der Waals surface area contributed by atoms with Crippen molar-refractivity contribution in [2.24, 2.45) is 0 Å². The number of aliphatic hydroxyl groups excluding tert-OH is 1. The maximum Gasteiger partial charge on any atom is 0.416 e. The van der Waals surface area contributed by atoms with Crippen LogP contribution in [0.2, 0.25) is 0 Å². The minimum atomic E-state index is -4.39. The van der Waals surface area contributed by atoms with Gasteiger partial charge in [-0.15, -0.1) is 0 Å². The van der Waals surface area contributed by atoms with Crippen LogP contribution in [0.4, 0.5) is 13.2 Å². The topological polar surface area (TPSA) is 43.7 Å². The van der Waals surface area contributed by atoms with Crippen LogP contribution in [0.1, 0.15) is 29.2 Å². The first kappa shape index (κ1) is 16.8. The summed E-state index contributed by atoms with van der Waals surface area (Å²) in [6.45, 7) is 0.836. The highest BCUT2D eigenvalue weighted by Gasteiger charge is 2.35. The third-order valence-corrected chi connectivity index (χ3v) is 4.28. The highest BCUT2D eigenvalue weighted by Crippen LogP contribution is 2.37. The van der Waals surface area contributed by atoms with E-state index >= 15 is 0 Å². The molecule has 128 valence electrons. The number of rotatable bonds is 3. The van der Waals surface area contributed by atoms with Crippen molar-refractivity contribution in [3.63, 3.8) is 0 Å². The van der Waals surface area contributed by atoms with E-state index in [-0.39, 0.29) is 11.8 Å². The maximum atomic E-state index is 12.9. The Kier molecular flexibility index (Phi) is 4.51. The molecule has 0 saturated carbocycles. The smallest absolute Gasteiger partial charge is 0.416 e. The molecule has 0 spiro atoms. The average Bonchev–Trinajstić information content (AvgIpc) is 2.87. The SMILES string of the molecule is Oc1cccc(CN2CC(O)CC2c2cccc(C(F)(F)F)c2)c1. The van der Waals surface area contributed by atoms with Crippen LogP contribution in [0.25, 0.3) is 0 Å². The van der Waals surface area contributed by atoms with Gasteiger partial charge in [-0.3, -0.25) is 4.90 Å². The van der Waals surface area contributed by atoms with E-state index in [0.29, 0.717) is 25.1 Å². The highest BCUT2D eigenvalue weighted by atomic mass is 19.4. The second-order valence-corrected chi connectivity index (χ2v) is 6.13. The van der Waals surface area contributed by atoms with Crippen LogP contribution in [0.3, 0.4) is 0 Å². The zero-order chi connectivity index (χ0) is 17.3. The molecule has 24 heavy (non-hydrogen) atoms. The molecule has 2 unspecified atom stereocenters. The number of alkyl halides is 3. The molecule has 0 aromatic heterocycles. The number of β-amino-alcohol motifs (C(OH)–C–C–N with tert-alkyl or cyclic N) is 1. The van der Waals surface area contributed by atoms with Gasteiger partial charge in [-0.2, -0.15) is 13.2 Å². The number of aliphatic hydroxyl groups is 1. The van der Waals surface area contributed by atoms with E-state index in [1.807, 2.05) is 11.0 Å². The number of phenols is 1. The van der Waals surface area contributed by atoms with Gasteiger partial charge in [0.2, 0.25) is 0 Å². The third-order valence-electron chi connectivity index (χ3n) is 4.28. The van der Waals surface area contributed by atoms with Crippen LogP contribution in [0.15, 0.2) is 48.5 Å². The van der Waals surface area contributed by atoms with Gasteiger partial charge in [0.05, 0.1) is 11.7 Å². The number of aromatic hydroxyl groups is 1. The lowest BCUT2D eigenvalue weighted by molar-refractivity contribution is -0.137. The normalized spacial score (nSPS) is 22.0. The summed E-state index contributed by atoms with van der Waals surface area (Å²) in [5.41, 5.74) is 0.710. The molecule has 1 aliphatic heterocycles. The number of halogens is 3. The van der Waals surface area contributed by atoms with Crippen molar-refractivity contribution in [1.29, 1.82) is 0 Å². The molecule has 1 fully saturated rings. The largest absolute Gasteiger partial charge is 0.508 e. The molecule has 0 amide bonds. The Morgan fingerprint density at radius 2 is 1.83 bits per heavy atom. The van der Waals surface area contributed by atoms with Crippen LogP contribution < -0.4 is 0 Å². The minimum Gasteiger partial charge on any atom is -0.508 e. The molecule has 1 heterocycles. The van der Waals surface area contributed by atoms with Crippen molar-refractivity contribution in [2.45, 2.75) is 31.3 Å².